The van der Waals surface area contributed by atoms with Gasteiger partial charge in [0.15, 0.2) is 17.3 Å². The number of phenolic OH excluding ortho intramolecular Hbond substituents is 1. The highest BCUT2D eigenvalue weighted by Crippen LogP contribution is 2.25. The quantitative estimate of drug-likeness (QED) is 0.811. The fraction of sp³-hybridized carbons (Fsp3) is 0. The predicted octanol–water partition coefficient (Wildman–Crippen LogP) is 2.90. The number of phenols is 1. The van der Waals surface area contributed by atoms with Crippen molar-refractivity contribution in [2.75, 3.05) is 0 Å². The Morgan fingerprint density at radius 2 is 1.71 bits per heavy atom. The molecule has 0 fully saturated rings. The molecular weight excluding hydrogens is 226 g/mol. The van der Waals surface area contributed by atoms with Crippen molar-refractivity contribution in [2.45, 2.75) is 0 Å². The molecular formula is C13H8F2O2. The molecule has 0 radical (unpaired) electrons. The molecule has 0 aliphatic heterocycles. The molecule has 86 valence electrons. The molecule has 0 unspecified atom stereocenters. The summed E-state index contributed by atoms with van der Waals surface area (Å²) in [6.07, 6.45) is 0. The van der Waals surface area contributed by atoms with Crippen molar-refractivity contribution in [1.29, 1.82) is 0 Å². The van der Waals surface area contributed by atoms with Gasteiger partial charge in [0.05, 0.1) is 5.56 Å². The lowest BCUT2D eigenvalue weighted by Gasteiger charge is -2.05. The van der Waals surface area contributed by atoms with Gasteiger partial charge in [-0.05, 0) is 6.07 Å². The summed E-state index contributed by atoms with van der Waals surface area (Å²) in [6, 6.07) is 9.31. The lowest BCUT2D eigenvalue weighted by molar-refractivity contribution is 0.103. The molecule has 1 N–H and O–H groups in total. The van der Waals surface area contributed by atoms with Gasteiger partial charge < -0.3 is 5.11 Å². The van der Waals surface area contributed by atoms with E-state index in [0.717, 1.165) is 6.07 Å². The van der Waals surface area contributed by atoms with Crippen LogP contribution in [0.1, 0.15) is 15.9 Å². The first-order valence-corrected chi connectivity index (χ1v) is 4.87. The summed E-state index contributed by atoms with van der Waals surface area (Å²) < 4.78 is 26.1. The number of halogens is 2. The SMILES string of the molecule is O=C(c1ccccc1)c1cc(F)cc(F)c1O. The minimum absolute atomic E-state index is 0.257. The van der Waals surface area contributed by atoms with Crippen LogP contribution < -0.4 is 0 Å². The van der Waals surface area contributed by atoms with E-state index in [-0.39, 0.29) is 11.1 Å². The summed E-state index contributed by atoms with van der Waals surface area (Å²) in [5, 5.41) is 9.39. The standard InChI is InChI=1S/C13H8F2O2/c14-9-6-10(13(17)11(15)7-9)12(16)8-4-2-1-3-5-8/h1-7,17H. The Bertz CT molecular complexity index is 565. The number of hydrogen-bond donors (Lipinski definition) is 1. The minimum atomic E-state index is -1.15. The molecule has 0 heterocycles. The van der Waals surface area contributed by atoms with E-state index in [1.54, 1.807) is 18.2 Å². The van der Waals surface area contributed by atoms with Crippen LogP contribution in [0, 0.1) is 11.6 Å². The first-order valence-electron chi connectivity index (χ1n) is 4.87. The number of rotatable bonds is 2. The van der Waals surface area contributed by atoms with Crippen LogP contribution in [0.25, 0.3) is 0 Å². The van der Waals surface area contributed by atoms with Crippen molar-refractivity contribution in [3.05, 3.63) is 65.2 Å². The highest BCUT2D eigenvalue weighted by Gasteiger charge is 2.17. The topological polar surface area (TPSA) is 37.3 Å². The van der Waals surface area contributed by atoms with E-state index in [4.69, 9.17) is 0 Å². The smallest absolute Gasteiger partial charge is 0.196 e. The molecule has 0 bridgehead atoms. The van der Waals surface area contributed by atoms with Crippen molar-refractivity contribution >= 4 is 5.78 Å². The predicted molar refractivity (Wildman–Crippen MR) is 57.9 cm³/mol. The zero-order valence-electron chi connectivity index (χ0n) is 8.65. The Morgan fingerprint density at radius 3 is 2.35 bits per heavy atom. The first-order chi connectivity index (χ1) is 8.09. The van der Waals surface area contributed by atoms with Gasteiger partial charge in [0.1, 0.15) is 5.82 Å². The lowest BCUT2D eigenvalue weighted by atomic mass is 10.0. The van der Waals surface area contributed by atoms with E-state index in [2.05, 4.69) is 0 Å². The van der Waals surface area contributed by atoms with Gasteiger partial charge in [0, 0.05) is 11.6 Å². The normalized spacial score (nSPS) is 10.2. The Morgan fingerprint density at radius 1 is 1.06 bits per heavy atom. The van der Waals surface area contributed by atoms with Crippen LogP contribution in [0.5, 0.6) is 5.75 Å². The van der Waals surface area contributed by atoms with Crippen LogP contribution in [0.4, 0.5) is 8.78 Å². The molecule has 2 aromatic carbocycles. The maximum atomic E-state index is 13.1. The highest BCUT2D eigenvalue weighted by molar-refractivity contribution is 6.10. The molecule has 0 amide bonds. The fourth-order valence-corrected chi connectivity index (χ4v) is 1.48. The number of hydrogen-bond acceptors (Lipinski definition) is 2. The third kappa shape index (κ3) is 2.15. The van der Waals surface area contributed by atoms with E-state index in [1.165, 1.54) is 12.1 Å². The molecule has 0 aromatic heterocycles. The van der Waals surface area contributed by atoms with Crippen molar-refractivity contribution < 1.29 is 18.7 Å². The molecule has 0 saturated carbocycles. The second kappa shape index (κ2) is 4.33. The zero-order valence-corrected chi connectivity index (χ0v) is 8.65. The fourth-order valence-electron chi connectivity index (χ4n) is 1.48. The van der Waals surface area contributed by atoms with E-state index in [0.29, 0.717) is 6.07 Å². The molecule has 17 heavy (non-hydrogen) atoms. The number of benzene rings is 2. The Labute approximate surface area is 96.1 Å². The third-order valence-electron chi connectivity index (χ3n) is 2.31. The van der Waals surface area contributed by atoms with Crippen molar-refractivity contribution in [1.82, 2.24) is 0 Å². The van der Waals surface area contributed by atoms with Crippen LogP contribution >= 0.6 is 0 Å². The minimum Gasteiger partial charge on any atom is -0.504 e. The average Bonchev–Trinajstić information content (AvgIpc) is 2.34. The number of ketones is 1. The Kier molecular flexibility index (Phi) is 2.87. The molecule has 0 aliphatic rings. The second-order valence-corrected chi connectivity index (χ2v) is 3.48. The molecule has 0 atom stereocenters. The van der Waals surface area contributed by atoms with Crippen LogP contribution in [0.2, 0.25) is 0 Å². The van der Waals surface area contributed by atoms with Crippen molar-refractivity contribution in [3.63, 3.8) is 0 Å². The molecule has 2 nitrogen and oxygen atoms in total. The van der Waals surface area contributed by atoms with Gasteiger partial charge in [-0.1, -0.05) is 30.3 Å². The summed E-state index contributed by atoms with van der Waals surface area (Å²) in [5.41, 5.74) is -0.124. The number of aromatic hydroxyl groups is 1. The van der Waals surface area contributed by atoms with Crippen molar-refractivity contribution in [2.24, 2.45) is 0 Å². The van der Waals surface area contributed by atoms with Gasteiger partial charge in [0.2, 0.25) is 0 Å². The highest BCUT2D eigenvalue weighted by atomic mass is 19.1. The van der Waals surface area contributed by atoms with Crippen LogP contribution in [0.3, 0.4) is 0 Å². The maximum Gasteiger partial charge on any atom is 0.196 e. The monoisotopic (exact) mass is 234 g/mol. The summed E-state index contributed by atoms with van der Waals surface area (Å²) in [4.78, 5) is 11.9. The largest absolute Gasteiger partial charge is 0.504 e. The summed E-state index contributed by atoms with van der Waals surface area (Å²) in [7, 11) is 0. The van der Waals surface area contributed by atoms with E-state index < -0.39 is 23.2 Å². The second-order valence-electron chi connectivity index (χ2n) is 3.48. The number of carbonyl (C=O) groups excluding carboxylic acids is 1. The lowest BCUT2D eigenvalue weighted by Crippen LogP contribution is -2.03. The summed E-state index contributed by atoms with van der Waals surface area (Å²) in [6.45, 7) is 0. The number of carbonyl (C=O) groups is 1. The first kappa shape index (κ1) is 11.3. The molecule has 2 rings (SSSR count). The molecule has 0 spiro atoms. The van der Waals surface area contributed by atoms with Gasteiger partial charge in [-0.3, -0.25) is 4.79 Å². The maximum absolute atomic E-state index is 13.1. The van der Waals surface area contributed by atoms with Crippen molar-refractivity contribution in [3.8, 4) is 5.75 Å². The summed E-state index contributed by atoms with van der Waals surface area (Å²) >= 11 is 0. The third-order valence-corrected chi connectivity index (χ3v) is 2.31. The van der Waals surface area contributed by atoms with Crippen LogP contribution in [-0.4, -0.2) is 10.9 Å². The Hall–Kier alpha value is -2.23. The van der Waals surface area contributed by atoms with Gasteiger partial charge in [-0.15, -0.1) is 0 Å². The van der Waals surface area contributed by atoms with Crippen LogP contribution in [-0.2, 0) is 0 Å². The van der Waals surface area contributed by atoms with E-state index in [1.807, 2.05) is 0 Å². The zero-order chi connectivity index (χ0) is 12.4. The molecule has 0 saturated heterocycles. The summed E-state index contributed by atoms with van der Waals surface area (Å²) in [5.74, 6) is -3.51. The molecule has 4 heteroatoms. The average molecular weight is 234 g/mol. The molecule has 0 aliphatic carbocycles. The van der Waals surface area contributed by atoms with Gasteiger partial charge in [-0.2, -0.15) is 0 Å². The van der Waals surface area contributed by atoms with Gasteiger partial charge >= 0.3 is 0 Å². The van der Waals surface area contributed by atoms with Crippen LogP contribution in [0.15, 0.2) is 42.5 Å². The molecule has 2 aromatic rings. The van der Waals surface area contributed by atoms with Gasteiger partial charge in [0.25, 0.3) is 0 Å². The van der Waals surface area contributed by atoms with E-state index in [9.17, 15) is 18.7 Å². The Balaban J connectivity index is 2.52. The van der Waals surface area contributed by atoms with Gasteiger partial charge in [-0.25, -0.2) is 8.78 Å². The van der Waals surface area contributed by atoms with E-state index >= 15 is 0 Å².